The second-order valence-corrected chi connectivity index (χ2v) is 5.34. The number of carboxylic acids is 1. The third-order valence-electron chi connectivity index (χ3n) is 4.00. The zero-order valence-corrected chi connectivity index (χ0v) is 11.8. The van der Waals surface area contributed by atoms with Crippen LogP contribution in [-0.2, 0) is 9.59 Å². The molecular weight excluding hydrogens is 262 g/mol. The molecule has 0 aliphatic carbocycles. The number of piperidine rings is 1. The van der Waals surface area contributed by atoms with E-state index in [9.17, 15) is 19.5 Å². The van der Waals surface area contributed by atoms with Gasteiger partial charge in [0.25, 0.3) is 0 Å². The SMILES string of the molecule is CN1C(=O)C(CN2CCCCC2)C(C(=O)O)=[N+](C)C1=O. The van der Waals surface area contributed by atoms with E-state index in [2.05, 4.69) is 4.90 Å². The van der Waals surface area contributed by atoms with Crippen LogP contribution < -0.4 is 0 Å². The highest BCUT2D eigenvalue weighted by molar-refractivity contribution is 6.40. The maximum Gasteiger partial charge on any atom is 0.500 e. The normalized spacial score (nSPS) is 25.3. The van der Waals surface area contributed by atoms with Gasteiger partial charge in [-0.1, -0.05) is 6.42 Å². The average molecular weight is 282 g/mol. The molecule has 7 heteroatoms. The van der Waals surface area contributed by atoms with E-state index in [1.807, 2.05) is 0 Å². The number of aliphatic carboxylic acids is 1. The predicted octanol–water partition coefficient (Wildman–Crippen LogP) is -0.152. The minimum Gasteiger partial charge on any atom is -0.475 e. The van der Waals surface area contributed by atoms with Crippen LogP contribution in [0.25, 0.3) is 0 Å². The Morgan fingerprint density at radius 2 is 1.90 bits per heavy atom. The van der Waals surface area contributed by atoms with Crippen molar-refractivity contribution in [3.63, 3.8) is 0 Å². The molecule has 1 unspecified atom stereocenters. The van der Waals surface area contributed by atoms with Gasteiger partial charge in [-0.3, -0.25) is 0 Å². The molecule has 0 saturated carbocycles. The van der Waals surface area contributed by atoms with Crippen molar-refractivity contribution in [2.45, 2.75) is 19.3 Å². The molecule has 0 bridgehead atoms. The number of rotatable bonds is 3. The summed E-state index contributed by atoms with van der Waals surface area (Å²) in [4.78, 5) is 38.6. The number of urea groups is 1. The molecule has 2 aliphatic rings. The molecule has 2 rings (SSSR count). The number of nitrogens with zero attached hydrogens (tertiary/aromatic N) is 3. The third-order valence-corrected chi connectivity index (χ3v) is 4.00. The van der Waals surface area contributed by atoms with Crippen LogP contribution in [0.5, 0.6) is 0 Å². The fraction of sp³-hybridized carbons (Fsp3) is 0.692. The lowest BCUT2D eigenvalue weighted by Crippen LogP contribution is -2.57. The van der Waals surface area contributed by atoms with Crippen molar-refractivity contribution in [3.8, 4) is 0 Å². The Hall–Kier alpha value is -1.76. The van der Waals surface area contributed by atoms with Crippen LogP contribution in [-0.4, -0.2) is 76.8 Å². The van der Waals surface area contributed by atoms with Crippen LogP contribution >= 0.6 is 0 Å². The molecule has 20 heavy (non-hydrogen) atoms. The fourth-order valence-electron chi connectivity index (χ4n) is 2.86. The van der Waals surface area contributed by atoms with Crippen molar-refractivity contribution in [1.29, 1.82) is 0 Å². The lowest BCUT2D eigenvalue weighted by molar-refractivity contribution is -0.406. The standard InChI is InChI=1S/C13H19N3O4/c1-14-10(12(18)19)9(11(17)15(2)13(14)20)8-16-6-4-3-5-7-16/h9H,3-8H2,1-2H3/p+1. The second-order valence-electron chi connectivity index (χ2n) is 5.34. The Kier molecular flexibility index (Phi) is 4.17. The van der Waals surface area contributed by atoms with Crippen molar-refractivity contribution in [2.24, 2.45) is 5.92 Å². The molecule has 0 spiro atoms. The molecule has 0 radical (unpaired) electrons. The summed E-state index contributed by atoms with van der Waals surface area (Å²) >= 11 is 0. The Morgan fingerprint density at radius 3 is 2.45 bits per heavy atom. The van der Waals surface area contributed by atoms with E-state index in [4.69, 9.17) is 0 Å². The largest absolute Gasteiger partial charge is 0.500 e. The zero-order valence-electron chi connectivity index (χ0n) is 11.8. The van der Waals surface area contributed by atoms with E-state index in [0.717, 1.165) is 35.4 Å². The van der Waals surface area contributed by atoms with Crippen LogP contribution in [0.1, 0.15) is 19.3 Å². The highest BCUT2D eigenvalue weighted by Crippen LogP contribution is 2.17. The van der Waals surface area contributed by atoms with Crippen molar-refractivity contribution in [2.75, 3.05) is 33.7 Å². The summed E-state index contributed by atoms with van der Waals surface area (Å²) in [7, 11) is 2.79. The van der Waals surface area contributed by atoms with Gasteiger partial charge in [0.15, 0.2) is 0 Å². The quantitative estimate of drug-likeness (QED) is 0.728. The third kappa shape index (κ3) is 2.58. The zero-order chi connectivity index (χ0) is 14.9. The number of hydrogen-bond donors (Lipinski definition) is 1. The summed E-state index contributed by atoms with van der Waals surface area (Å²) in [6.45, 7) is 2.11. The molecule has 7 nitrogen and oxygen atoms in total. The van der Waals surface area contributed by atoms with Crippen molar-refractivity contribution >= 4 is 23.6 Å². The van der Waals surface area contributed by atoms with E-state index in [1.165, 1.54) is 20.5 Å². The minimum atomic E-state index is -1.20. The van der Waals surface area contributed by atoms with Gasteiger partial charge in [-0.05, 0) is 25.9 Å². The van der Waals surface area contributed by atoms with E-state index in [0.29, 0.717) is 6.54 Å². The van der Waals surface area contributed by atoms with Crippen LogP contribution in [0.2, 0.25) is 0 Å². The molecule has 0 aromatic carbocycles. The molecule has 110 valence electrons. The van der Waals surface area contributed by atoms with Gasteiger partial charge >= 0.3 is 17.9 Å². The van der Waals surface area contributed by atoms with Gasteiger partial charge in [0.05, 0.1) is 14.1 Å². The summed E-state index contributed by atoms with van der Waals surface area (Å²) in [5, 5.41) is 9.31. The van der Waals surface area contributed by atoms with Crippen LogP contribution in [0.15, 0.2) is 0 Å². The monoisotopic (exact) mass is 282 g/mol. The summed E-state index contributed by atoms with van der Waals surface area (Å²) in [6, 6.07) is -0.595. The Labute approximate surface area is 117 Å². The highest BCUT2D eigenvalue weighted by atomic mass is 16.4. The number of amides is 3. The van der Waals surface area contributed by atoms with Gasteiger partial charge in [0, 0.05) is 6.54 Å². The summed E-state index contributed by atoms with van der Waals surface area (Å²) in [6.07, 6.45) is 3.30. The lowest BCUT2D eigenvalue weighted by atomic mass is 9.97. The van der Waals surface area contributed by atoms with E-state index in [1.54, 1.807) is 0 Å². The summed E-state index contributed by atoms with van der Waals surface area (Å²) in [5.74, 6) is -2.42. The number of imide groups is 1. The first kappa shape index (κ1) is 14.6. The highest BCUT2D eigenvalue weighted by Gasteiger charge is 2.48. The summed E-state index contributed by atoms with van der Waals surface area (Å²) in [5.41, 5.74) is -0.122. The molecule has 3 amide bonds. The number of hydrogen-bond acceptors (Lipinski definition) is 4. The molecule has 1 saturated heterocycles. The van der Waals surface area contributed by atoms with Gasteiger partial charge in [0.1, 0.15) is 5.92 Å². The molecule has 0 aromatic rings. The second kappa shape index (κ2) is 5.70. The van der Waals surface area contributed by atoms with E-state index in [-0.39, 0.29) is 5.71 Å². The molecule has 1 atom stereocenters. The predicted molar refractivity (Wildman–Crippen MR) is 70.8 cm³/mol. The Morgan fingerprint density at radius 1 is 1.30 bits per heavy atom. The first-order valence-electron chi connectivity index (χ1n) is 6.81. The van der Waals surface area contributed by atoms with Crippen molar-refractivity contribution < 1.29 is 24.1 Å². The lowest BCUT2D eigenvalue weighted by Gasteiger charge is -2.31. The maximum atomic E-state index is 12.2. The van der Waals surface area contributed by atoms with E-state index >= 15 is 0 Å². The first-order valence-corrected chi connectivity index (χ1v) is 6.81. The van der Waals surface area contributed by atoms with Crippen molar-refractivity contribution in [1.82, 2.24) is 9.80 Å². The topological polar surface area (TPSA) is 80.9 Å². The number of carbonyl (C=O) groups is 3. The molecule has 0 aromatic heterocycles. The van der Waals surface area contributed by atoms with Crippen molar-refractivity contribution in [3.05, 3.63) is 0 Å². The molecule has 1 N–H and O–H groups in total. The smallest absolute Gasteiger partial charge is 0.475 e. The van der Waals surface area contributed by atoms with Gasteiger partial charge in [0.2, 0.25) is 5.71 Å². The van der Waals surface area contributed by atoms with Gasteiger partial charge < -0.3 is 10.0 Å². The Bertz CT molecular complexity index is 480. The van der Waals surface area contributed by atoms with E-state index < -0.39 is 23.8 Å². The summed E-state index contributed by atoms with van der Waals surface area (Å²) < 4.78 is 1.07. The van der Waals surface area contributed by atoms with Crippen LogP contribution in [0.4, 0.5) is 4.79 Å². The molecule has 2 heterocycles. The van der Waals surface area contributed by atoms with Crippen LogP contribution in [0.3, 0.4) is 0 Å². The Balaban J connectivity index is 2.29. The maximum absolute atomic E-state index is 12.2. The molecule has 2 aliphatic heterocycles. The van der Waals surface area contributed by atoms with Crippen LogP contribution in [0, 0.1) is 5.92 Å². The number of carboxylic acid groups (broad SMARTS) is 1. The number of carbonyl (C=O) groups excluding carboxylic acids is 2. The molecule has 1 fully saturated rings. The molecular formula is C13H20N3O4+. The first-order chi connectivity index (χ1) is 9.43. The van der Waals surface area contributed by atoms with Gasteiger partial charge in [-0.25, -0.2) is 9.59 Å². The number of likely N-dealkylation sites (tertiary alicyclic amines) is 1. The van der Waals surface area contributed by atoms with Gasteiger partial charge in [-0.15, -0.1) is 0 Å². The fourth-order valence-corrected chi connectivity index (χ4v) is 2.86. The van der Waals surface area contributed by atoms with Gasteiger partial charge in [-0.2, -0.15) is 14.3 Å². The average Bonchev–Trinajstić information content (AvgIpc) is 2.43. The minimum absolute atomic E-state index is 0.122.